The van der Waals surface area contributed by atoms with Crippen molar-refractivity contribution >= 4 is 5.91 Å². The Balaban J connectivity index is 1.64. The Morgan fingerprint density at radius 3 is 2.67 bits per heavy atom. The van der Waals surface area contributed by atoms with E-state index in [9.17, 15) is 9.90 Å². The molecule has 1 amide bonds. The fourth-order valence-electron chi connectivity index (χ4n) is 3.51. The highest BCUT2D eigenvalue weighted by atomic mass is 16.3. The third-order valence-corrected chi connectivity index (χ3v) is 4.72. The van der Waals surface area contributed by atoms with E-state index in [1.807, 2.05) is 6.92 Å². The maximum Gasteiger partial charge on any atom is 0.221 e. The van der Waals surface area contributed by atoms with E-state index in [1.54, 1.807) is 0 Å². The van der Waals surface area contributed by atoms with Crippen molar-refractivity contribution in [3.05, 3.63) is 0 Å². The summed E-state index contributed by atoms with van der Waals surface area (Å²) in [6.45, 7) is 8.61. The zero-order valence-electron chi connectivity index (χ0n) is 13.6. The standard InChI is InChI=1S/C16H31N3O2/c1-13-11-18(9-10-19(13)12-14(2)20)8-7-16(21)17-15-5-3-4-6-15/h13-15,20H,3-12H2,1-2H3,(H,17,21)/t13-,14+/m1/s1. The lowest BCUT2D eigenvalue weighted by Crippen LogP contribution is -2.53. The van der Waals surface area contributed by atoms with Gasteiger partial charge in [-0.3, -0.25) is 9.69 Å². The first kappa shape index (κ1) is 16.7. The quantitative estimate of drug-likeness (QED) is 0.762. The van der Waals surface area contributed by atoms with E-state index in [0.29, 0.717) is 18.5 Å². The van der Waals surface area contributed by atoms with E-state index >= 15 is 0 Å². The summed E-state index contributed by atoms with van der Waals surface area (Å²) >= 11 is 0. The fraction of sp³-hybridized carbons (Fsp3) is 0.938. The van der Waals surface area contributed by atoms with E-state index in [0.717, 1.165) is 45.6 Å². The van der Waals surface area contributed by atoms with Crippen molar-refractivity contribution in [1.82, 2.24) is 15.1 Å². The van der Waals surface area contributed by atoms with Crippen molar-refractivity contribution in [2.24, 2.45) is 0 Å². The molecule has 2 N–H and O–H groups in total. The summed E-state index contributed by atoms with van der Waals surface area (Å²) < 4.78 is 0. The van der Waals surface area contributed by atoms with Crippen LogP contribution in [0, 0.1) is 0 Å². The van der Waals surface area contributed by atoms with Gasteiger partial charge in [-0.25, -0.2) is 0 Å². The molecule has 0 bridgehead atoms. The number of β-amino-alcohol motifs (C(OH)–C–C–N with tert-alkyl or cyclic N) is 1. The lowest BCUT2D eigenvalue weighted by molar-refractivity contribution is -0.122. The summed E-state index contributed by atoms with van der Waals surface area (Å²) in [5.41, 5.74) is 0. The van der Waals surface area contributed by atoms with Crippen LogP contribution < -0.4 is 5.32 Å². The van der Waals surface area contributed by atoms with Gasteiger partial charge in [0.15, 0.2) is 0 Å². The molecule has 5 nitrogen and oxygen atoms in total. The van der Waals surface area contributed by atoms with Gasteiger partial charge in [-0.2, -0.15) is 0 Å². The van der Waals surface area contributed by atoms with Crippen LogP contribution in [0.15, 0.2) is 0 Å². The number of nitrogens with zero attached hydrogens (tertiary/aromatic N) is 2. The van der Waals surface area contributed by atoms with E-state index in [2.05, 4.69) is 22.0 Å². The number of aliphatic hydroxyl groups is 1. The van der Waals surface area contributed by atoms with E-state index in [4.69, 9.17) is 0 Å². The van der Waals surface area contributed by atoms with Crippen molar-refractivity contribution < 1.29 is 9.90 Å². The number of carbonyl (C=O) groups excluding carboxylic acids is 1. The molecule has 1 saturated heterocycles. The van der Waals surface area contributed by atoms with Gasteiger partial charge in [0.1, 0.15) is 0 Å². The zero-order chi connectivity index (χ0) is 15.2. The van der Waals surface area contributed by atoms with Crippen molar-refractivity contribution in [2.45, 2.75) is 64.1 Å². The number of aliphatic hydroxyl groups excluding tert-OH is 1. The molecule has 1 saturated carbocycles. The molecular formula is C16H31N3O2. The Labute approximate surface area is 128 Å². The van der Waals surface area contributed by atoms with Gasteiger partial charge in [0.05, 0.1) is 6.10 Å². The van der Waals surface area contributed by atoms with Crippen LogP contribution in [0.1, 0.15) is 46.0 Å². The van der Waals surface area contributed by atoms with Crippen molar-refractivity contribution in [2.75, 3.05) is 32.7 Å². The third kappa shape index (κ3) is 5.57. The maximum absolute atomic E-state index is 12.0. The number of hydrogen-bond donors (Lipinski definition) is 2. The Hall–Kier alpha value is -0.650. The average molecular weight is 297 g/mol. The molecule has 0 spiro atoms. The molecule has 1 heterocycles. The Morgan fingerprint density at radius 2 is 2.05 bits per heavy atom. The minimum Gasteiger partial charge on any atom is -0.392 e. The highest BCUT2D eigenvalue weighted by Crippen LogP contribution is 2.17. The van der Waals surface area contributed by atoms with Gasteiger partial charge in [0.2, 0.25) is 5.91 Å². The monoisotopic (exact) mass is 297 g/mol. The van der Waals surface area contributed by atoms with Gasteiger partial charge >= 0.3 is 0 Å². The molecule has 0 aromatic rings. The first-order chi connectivity index (χ1) is 10.0. The van der Waals surface area contributed by atoms with Gasteiger partial charge < -0.3 is 15.3 Å². The SMILES string of the molecule is C[C@H](O)CN1CCN(CCC(=O)NC2CCCC2)C[C@H]1C. The van der Waals surface area contributed by atoms with Crippen LogP contribution in [-0.4, -0.2) is 71.7 Å². The van der Waals surface area contributed by atoms with Gasteiger partial charge in [-0.05, 0) is 26.7 Å². The van der Waals surface area contributed by atoms with Gasteiger partial charge in [-0.1, -0.05) is 12.8 Å². The number of piperazine rings is 1. The van der Waals surface area contributed by atoms with Gasteiger partial charge in [-0.15, -0.1) is 0 Å². The molecule has 122 valence electrons. The van der Waals surface area contributed by atoms with Crippen molar-refractivity contribution in [3.63, 3.8) is 0 Å². The van der Waals surface area contributed by atoms with Crippen molar-refractivity contribution in [3.8, 4) is 0 Å². The zero-order valence-corrected chi connectivity index (χ0v) is 13.6. The number of nitrogens with one attached hydrogen (secondary N) is 1. The van der Waals surface area contributed by atoms with Crippen LogP contribution in [0.25, 0.3) is 0 Å². The Kier molecular flexibility index (Phi) is 6.45. The largest absolute Gasteiger partial charge is 0.392 e. The molecule has 0 aromatic carbocycles. The molecule has 21 heavy (non-hydrogen) atoms. The lowest BCUT2D eigenvalue weighted by Gasteiger charge is -2.40. The van der Waals surface area contributed by atoms with Crippen molar-refractivity contribution in [1.29, 1.82) is 0 Å². The number of hydrogen-bond acceptors (Lipinski definition) is 4. The first-order valence-electron chi connectivity index (χ1n) is 8.48. The predicted molar refractivity (Wildman–Crippen MR) is 84.2 cm³/mol. The normalized spacial score (nSPS) is 26.9. The summed E-state index contributed by atoms with van der Waals surface area (Å²) in [5, 5.41) is 12.6. The first-order valence-corrected chi connectivity index (χ1v) is 8.48. The molecule has 0 aromatic heterocycles. The molecule has 1 aliphatic heterocycles. The van der Waals surface area contributed by atoms with Crippen LogP contribution in [-0.2, 0) is 4.79 Å². The summed E-state index contributed by atoms with van der Waals surface area (Å²) in [7, 11) is 0. The third-order valence-electron chi connectivity index (χ3n) is 4.72. The van der Waals surface area contributed by atoms with Crippen LogP contribution in [0.5, 0.6) is 0 Å². The minimum absolute atomic E-state index is 0.209. The molecule has 2 rings (SSSR count). The average Bonchev–Trinajstić information content (AvgIpc) is 2.91. The predicted octanol–water partition coefficient (Wildman–Crippen LogP) is 0.822. The topological polar surface area (TPSA) is 55.8 Å². The lowest BCUT2D eigenvalue weighted by atomic mass is 10.1. The van der Waals surface area contributed by atoms with E-state index < -0.39 is 0 Å². The molecule has 5 heteroatoms. The maximum atomic E-state index is 12.0. The second-order valence-electron chi connectivity index (χ2n) is 6.79. The molecule has 2 aliphatic rings. The fourth-order valence-corrected chi connectivity index (χ4v) is 3.51. The summed E-state index contributed by atoms with van der Waals surface area (Å²) in [4.78, 5) is 16.7. The molecule has 0 radical (unpaired) electrons. The minimum atomic E-state index is -0.267. The number of amides is 1. The smallest absolute Gasteiger partial charge is 0.221 e. The second kappa shape index (κ2) is 8.11. The van der Waals surface area contributed by atoms with E-state index in [-0.39, 0.29) is 12.0 Å². The van der Waals surface area contributed by atoms with E-state index in [1.165, 1.54) is 12.8 Å². The molecule has 0 unspecified atom stereocenters. The Morgan fingerprint density at radius 1 is 1.33 bits per heavy atom. The number of carbonyl (C=O) groups is 1. The van der Waals surface area contributed by atoms with Crippen LogP contribution in [0.2, 0.25) is 0 Å². The summed E-state index contributed by atoms with van der Waals surface area (Å²) in [6.07, 6.45) is 5.17. The molecule has 2 fully saturated rings. The highest BCUT2D eigenvalue weighted by Gasteiger charge is 2.25. The Bertz CT molecular complexity index is 329. The van der Waals surface area contributed by atoms with Crippen LogP contribution in [0.3, 0.4) is 0 Å². The summed E-state index contributed by atoms with van der Waals surface area (Å²) in [6, 6.07) is 0.880. The number of rotatable bonds is 6. The molecule has 1 aliphatic carbocycles. The van der Waals surface area contributed by atoms with Gasteiger partial charge in [0, 0.05) is 51.2 Å². The van der Waals surface area contributed by atoms with Gasteiger partial charge in [0.25, 0.3) is 0 Å². The molecule has 2 atom stereocenters. The van der Waals surface area contributed by atoms with Crippen LogP contribution >= 0.6 is 0 Å². The second-order valence-corrected chi connectivity index (χ2v) is 6.79. The highest BCUT2D eigenvalue weighted by molar-refractivity contribution is 5.76. The molecular weight excluding hydrogens is 266 g/mol. The summed E-state index contributed by atoms with van der Waals surface area (Å²) in [5.74, 6) is 0.209. The van der Waals surface area contributed by atoms with Crippen LogP contribution in [0.4, 0.5) is 0 Å².